The van der Waals surface area contributed by atoms with Gasteiger partial charge < -0.3 is 15.7 Å². The summed E-state index contributed by atoms with van der Waals surface area (Å²) in [7, 11) is 0. The van der Waals surface area contributed by atoms with Crippen molar-refractivity contribution in [2.24, 2.45) is 17.6 Å². The van der Waals surface area contributed by atoms with Crippen LogP contribution < -0.4 is 5.73 Å². The molecule has 3 heteroatoms. The number of aliphatic hydroxyl groups is 1. The smallest absolute Gasteiger partial charge is 0.0741 e. The summed E-state index contributed by atoms with van der Waals surface area (Å²) in [5.41, 5.74) is 4.88. The predicted octanol–water partition coefficient (Wildman–Crippen LogP) is 1.60. The first-order valence-electron chi connectivity index (χ1n) is 7.24. The molecule has 2 rings (SSSR count). The second-order valence-electron chi connectivity index (χ2n) is 6.46. The molecule has 17 heavy (non-hydrogen) atoms. The van der Waals surface area contributed by atoms with Crippen LogP contribution in [0, 0.1) is 11.8 Å². The Morgan fingerprint density at radius 2 is 1.94 bits per heavy atom. The van der Waals surface area contributed by atoms with Gasteiger partial charge in [0.15, 0.2) is 0 Å². The van der Waals surface area contributed by atoms with Crippen LogP contribution in [0.4, 0.5) is 0 Å². The van der Waals surface area contributed by atoms with Gasteiger partial charge in [0, 0.05) is 19.6 Å². The van der Waals surface area contributed by atoms with Crippen LogP contribution in [0.25, 0.3) is 0 Å². The highest BCUT2D eigenvalue weighted by atomic mass is 16.3. The minimum atomic E-state index is -0.661. The molecule has 3 unspecified atom stereocenters. The van der Waals surface area contributed by atoms with Gasteiger partial charge in [0.1, 0.15) is 0 Å². The lowest BCUT2D eigenvalue weighted by Gasteiger charge is -2.41. The molecule has 2 aliphatic rings. The molecular formula is C14H28N2O. The van der Waals surface area contributed by atoms with E-state index in [4.69, 9.17) is 5.73 Å². The average Bonchev–Trinajstić information content (AvgIpc) is 2.28. The fourth-order valence-electron chi connectivity index (χ4n) is 3.51. The van der Waals surface area contributed by atoms with Gasteiger partial charge >= 0.3 is 0 Å². The standard InChI is InChI=1S/C14H28N2O/c1-14(17,11-15)6-3-7-16-9-12-4-2-5-13(8-12)10-16/h12-13,17H,2-11,15H2,1H3. The molecule has 2 fully saturated rings. The molecule has 0 radical (unpaired) electrons. The van der Waals surface area contributed by atoms with Gasteiger partial charge in [-0.1, -0.05) is 6.42 Å². The molecule has 3 atom stereocenters. The normalized spacial score (nSPS) is 33.4. The number of piperidine rings is 1. The summed E-state index contributed by atoms with van der Waals surface area (Å²) >= 11 is 0. The molecule has 100 valence electrons. The summed E-state index contributed by atoms with van der Waals surface area (Å²) in [6, 6.07) is 0. The Morgan fingerprint density at radius 1 is 1.29 bits per heavy atom. The van der Waals surface area contributed by atoms with E-state index < -0.39 is 5.60 Å². The van der Waals surface area contributed by atoms with Crippen LogP contribution >= 0.6 is 0 Å². The molecule has 0 amide bonds. The molecule has 1 aliphatic carbocycles. The van der Waals surface area contributed by atoms with Gasteiger partial charge in [-0.05, 0) is 57.4 Å². The molecule has 0 spiro atoms. The van der Waals surface area contributed by atoms with Crippen LogP contribution in [0.5, 0.6) is 0 Å². The third kappa shape index (κ3) is 3.94. The van der Waals surface area contributed by atoms with E-state index in [1.165, 1.54) is 38.8 Å². The number of hydrogen-bond donors (Lipinski definition) is 2. The fraction of sp³-hybridized carbons (Fsp3) is 1.00. The highest BCUT2D eigenvalue weighted by molar-refractivity contribution is 4.83. The molecule has 0 aromatic rings. The maximum atomic E-state index is 9.87. The van der Waals surface area contributed by atoms with E-state index in [9.17, 15) is 5.11 Å². The number of likely N-dealkylation sites (tertiary alicyclic amines) is 1. The van der Waals surface area contributed by atoms with E-state index >= 15 is 0 Å². The molecule has 1 saturated carbocycles. The first-order chi connectivity index (χ1) is 8.09. The van der Waals surface area contributed by atoms with E-state index in [0.717, 1.165) is 31.2 Å². The molecule has 3 N–H and O–H groups in total. The number of rotatable bonds is 5. The van der Waals surface area contributed by atoms with E-state index in [1.54, 1.807) is 0 Å². The highest BCUT2D eigenvalue weighted by Gasteiger charge is 2.30. The molecule has 1 saturated heterocycles. The zero-order valence-corrected chi connectivity index (χ0v) is 11.2. The van der Waals surface area contributed by atoms with E-state index in [2.05, 4.69) is 4.90 Å². The van der Waals surface area contributed by atoms with E-state index in [1.807, 2.05) is 6.92 Å². The maximum Gasteiger partial charge on any atom is 0.0741 e. The molecule has 2 bridgehead atoms. The minimum Gasteiger partial charge on any atom is -0.389 e. The second kappa shape index (κ2) is 5.68. The predicted molar refractivity (Wildman–Crippen MR) is 70.8 cm³/mol. The topological polar surface area (TPSA) is 49.5 Å². The SMILES string of the molecule is CC(O)(CN)CCCN1CC2CCCC(C2)C1. The quantitative estimate of drug-likeness (QED) is 0.767. The zero-order chi connectivity index (χ0) is 12.3. The van der Waals surface area contributed by atoms with Crippen molar-refractivity contribution in [3.05, 3.63) is 0 Å². The van der Waals surface area contributed by atoms with Gasteiger partial charge in [0.2, 0.25) is 0 Å². The third-order valence-electron chi connectivity index (χ3n) is 4.55. The Hall–Kier alpha value is -0.120. The average molecular weight is 240 g/mol. The van der Waals surface area contributed by atoms with Gasteiger partial charge in [-0.2, -0.15) is 0 Å². The number of nitrogens with two attached hydrogens (primary N) is 1. The van der Waals surface area contributed by atoms with Crippen molar-refractivity contribution in [1.29, 1.82) is 0 Å². The Morgan fingerprint density at radius 3 is 2.53 bits per heavy atom. The molecule has 1 heterocycles. The molecular weight excluding hydrogens is 212 g/mol. The van der Waals surface area contributed by atoms with Crippen molar-refractivity contribution in [1.82, 2.24) is 4.90 Å². The summed E-state index contributed by atoms with van der Waals surface area (Å²) in [6.45, 7) is 5.95. The third-order valence-corrected chi connectivity index (χ3v) is 4.55. The van der Waals surface area contributed by atoms with Crippen molar-refractivity contribution >= 4 is 0 Å². The molecule has 0 aromatic carbocycles. The lowest BCUT2D eigenvalue weighted by atomic mass is 9.78. The Balaban J connectivity index is 1.69. The Labute approximate surface area is 105 Å². The summed E-state index contributed by atoms with van der Waals surface area (Å²) in [5.74, 6) is 1.91. The summed E-state index contributed by atoms with van der Waals surface area (Å²) in [5, 5.41) is 9.87. The van der Waals surface area contributed by atoms with Crippen molar-refractivity contribution in [3.8, 4) is 0 Å². The van der Waals surface area contributed by atoms with Crippen LogP contribution in [-0.2, 0) is 0 Å². The lowest BCUT2D eigenvalue weighted by molar-refractivity contribution is 0.0448. The van der Waals surface area contributed by atoms with E-state index in [-0.39, 0.29) is 0 Å². The zero-order valence-electron chi connectivity index (χ0n) is 11.2. The van der Waals surface area contributed by atoms with Crippen molar-refractivity contribution in [2.75, 3.05) is 26.2 Å². The van der Waals surface area contributed by atoms with Crippen LogP contribution in [0.15, 0.2) is 0 Å². The van der Waals surface area contributed by atoms with E-state index in [0.29, 0.717) is 6.54 Å². The number of hydrogen-bond acceptors (Lipinski definition) is 3. The van der Waals surface area contributed by atoms with Crippen molar-refractivity contribution < 1.29 is 5.11 Å². The highest BCUT2D eigenvalue weighted by Crippen LogP contribution is 2.34. The van der Waals surface area contributed by atoms with Gasteiger partial charge in [0.25, 0.3) is 0 Å². The monoisotopic (exact) mass is 240 g/mol. The number of fused-ring (bicyclic) bond motifs is 2. The largest absolute Gasteiger partial charge is 0.389 e. The van der Waals surface area contributed by atoms with Crippen molar-refractivity contribution in [3.63, 3.8) is 0 Å². The maximum absolute atomic E-state index is 9.87. The first kappa shape index (κ1) is 13.3. The fourth-order valence-corrected chi connectivity index (χ4v) is 3.51. The van der Waals surface area contributed by atoms with Gasteiger partial charge in [-0.15, -0.1) is 0 Å². The lowest BCUT2D eigenvalue weighted by Crippen LogP contribution is -2.43. The van der Waals surface area contributed by atoms with Crippen LogP contribution in [0.1, 0.15) is 45.4 Å². The van der Waals surface area contributed by atoms with Crippen molar-refractivity contribution in [2.45, 2.75) is 51.0 Å². The van der Waals surface area contributed by atoms with Gasteiger partial charge in [-0.25, -0.2) is 0 Å². The second-order valence-corrected chi connectivity index (χ2v) is 6.46. The minimum absolute atomic E-state index is 0.373. The van der Waals surface area contributed by atoms with Crippen LogP contribution in [0.2, 0.25) is 0 Å². The Kier molecular flexibility index (Phi) is 4.45. The number of nitrogens with zero attached hydrogens (tertiary/aromatic N) is 1. The molecule has 0 aromatic heterocycles. The van der Waals surface area contributed by atoms with Gasteiger partial charge in [-0.3, -0.25) is 0 Å². The van der Waals surface area contributed by atoms with Crippen LogP contribution in [0.3, 0.4) is 0 Å². The molecule has 3 nitrogen and oxygen atoms in total. The summed E-state index contributed by atoms with van der Waals surface area (Å²) < 4.78 is 0. The first-order valence-corrected chi connectivity index (χ1v) is 7.24. The summed E-state index contributed by atoms with van der Waals surface area (Å²) in [4.78, 5) is 2.62. The Bertz CT molecular complexity index is 230. The molecule has 1 aliphatic heterocycles. The summed E-state index contributed by atoms with van der Waals surface area (Å²) in [6.07, 6.45) is 7.70. The van der Waals surface area contributed by atoms with Crippen LogP contribution in [-0.4, -0.2) is 41.8 Å². The van der Waals surface area contributed by atoms with Gasteiger partial charge in [0.05, 0.1) is 5.60 Å².